The Balaban J connectivity index is 1.65. The number of hydrogen-bond donors (Lipinski definition) is 2. The van der Waals surface area contributed by atoms with Gasteiger partial charge in [0.05, 0.1) is 12.3 Å². The molecule has 1 atom stereocenters. The van der Waals surface area contributed by atoms with E-state index >= 15 is 0 Å². The molecule has 3 rings (SSSR count). The van der Waals surface area contributed by atoms with Gasteiger partial charge in [-0.1, -0.05) is 23.9 Å². The van der Waals surface area contributed by atoms with Gasteiger partial charge in [-0.05, 0) is 37.1 Å². The first-order chi connectivity index (χ1) is 11.1. The second-order valence-corrected chi connectivity index (χ2v) is 6.68. The van der Waals surface area contributed by atoms with E-state index in [1.807, 2.05) is 6.07 Å². The third-order valence-corrected chi connectivity index (χ3v) is 4.86. The minimum atomic E-state index is -0.224. The van der Waals surface area contributed by atoms with E-state index in [4.69, 9.17) is 0 Å². The predicted molar refractivity (Wildman–Crippen MR) is 88.2 cm³/mol. The van der Waals surface area contributed by atoms with Crippen molar-refractivity contribution in [3.63, 3.8) is 0 Å². The van der Waals surface area contributed by atoms with E-state index in [9.17, 15) is 14.4 Å². The van der Waals surface area contributed by atoms with Crippen molar-refractivity contribution in [2.45, 2.75) is 25.4 Å². The molecular weight excluding hydrogens is 314 g/mol. The molecule has 0 spiro atoms. The number of nitrogens with zero attached hydrogens (tertiary/aromatic N) is 1. The minimum Gasteiger partial charge on any atom is -0.348 e. The van der Waals surface area contributed by atoms with Gasteiger partial charge in [0.15, 0.2) is 0 Å². The number of carbonyl (C=O) groups is 3. The zero-order valence-electron chi connectivity index (χ0n) is 12.7. The Morgan fingerprint density at radius 1 is 1.39 bits per heavy atom. The van der Waals surface area contributed by atoms with E-state index < -0.39 is 0 Å². The molecule has 2 fully saturated rings. The number of rotatable bonds is 4. The largest absolute Gasteiger partial charge is 0.348 e. The van der Waals surface area contributed by atoms with Crippen molar-refractivity contribution in [2.24, 2.45) is 0 Å². The minimum absolute atomic E-state index is 0.117. The summed E-state index contributed by atoms with van der Waals surface area (Å²) in [5.41, 5.74) is 1.34. The summed E-state index contributed by atoms with van der Waals surface area (Å²) >= 11 is 1.02. The average molecular weight is 333 g/mol. The molecule has 0 aliphatic carbocycles. The van der Waals surface area contributed by atoms with Crippen LogP contribution in [0.1, 0.15) is 28.8 Å². The third-order valence-electron chi connectivity index (χ3n) is 4.00. The molecule has 2 aliphatic heterocycles. The van der Waals surface area contributed by atoms with Gasteiger partial charge >= 0.3 is 0 Å². The van der Waals surface area contributed by atoms with E-state index in [0.29, 0.717) is 5.56 Å². The normalized spacial score (nSPS) is 21.6. The first-order valence-corrected chi connectivity index (χ1v) is 8.69. The fourth-order valence-electron chi connectivity index (χ4n) is 2.77. The van der Waals surface area contributed by atoms with E-state index in [2.05, 4.69) is 10.6 Å². The van der Waals surface area contributed by atoms with E-state index in [0.717, 1.165) is 43.3 Å². The van der Waals surface area contributed by atoms with Crippen molar-refractivity contribution in [3.05, 3.63) is 35.4 Å². The van der Waals surface area contributed by atoms with Gasteiger partial charge in [-0.25, -0.2) is 0 Å². The zero-order chi connectivity index (χ0) is 16.2. The maximum atomic E-state index is 12.3. The second-order valence-electron chi connectivity index (χ2n) is 5.75. The first-order valence-electron chi connectivity index (χ1n) is 7.71. The fourth-order valence-corrected chi connectivity index (χ4v) is 3.50. The van der Waals surface area contributed by atoms with Crippen molar-refractivity contribution in [2.75, 3.05) is 18.8 Å². The van der Waals surface area contributed by atoms with Crippen LogP contribution in [0.3, 0.4) is 0 Å². The number of piperidine rings is 1. The van der Waals surface area contributed by atoms with Crippen molar-refractivity contribution in [3.8, 4) is 0 Å². The Morgan fingerprint density at radius 2 is 2.26 bits per heavy atom. The average Bonchev–Trinajstić information content (AvgIpc) is 2.88. The molecule has 2 heterocycles. The highest BCUT2D eigenvalue weighted by Gasteiger charge is 2.29. The highest BCUT2D eigenvalue weighted by atomic mass is 32.2. The summed E-state index contributed by atoms with van der Waals surface area (Å²) < 4.78 is 0. The SMILES string of the molecule is O=C(NC1CCCNC1)c1cccc(CN2C(=O)CSC2=O)c1. The Labute approximate surface area is 139 Å². The van der Waals surface area contributed by atoms with Gasteiger partial charge in [-0.2, -0.15) is 0 Å². The molecular formula is C16H19N3O3S. The summed E-state index contributed by atoms with van der Waals surface area (Å²) in [6, 6.07) is 7.24. The number of carbonyl (C=O) groups excluding carboxylic acids is 3. The second kappa shape index (κ2) is 7.14. The van der Waals surface area contributed by atoms with Crippen LogP contribution in [0.5, 0.6) is 0 Å². The van der Waals surface area contributed by atoms with Crippen LogP contribution in [0.2, 0.25) is 0 Å². The summed E-state index contributed by atoms with van der Waals surface area (Å²) in [4.78, 5) is 36.9. The Kier molecular flexibility index (Phi) is 4.97. The first kappa shape index (κ1) is 16.0. The fraction of sp³-hybridized carbons (Fsp3) is 0.438. The number of imide groups is 1. The molecule has 0 aromatic heterocycles. The summed E-state index contributed by atoms with van der Waals surface area (Å²) in [6.45, 7) is 2.01. The topological polar surface area (TPSA) is 78.5 Å². The molecule has 6 nitrogen and oxygen atoms in total. The molecule has 1 aromatic rings. The highest BCUT2D eigenvalue weighted by Crippen LogP contribution is 2.21. The van der Waals surface area contributed by atoms with Crippen LogP contribution in [0.15, 0.2) is 24.3 Å². The lowest BCUT2D eigenvalue weighted by atomic mass is 10.1. The zero-order valence-corrected chi connectivity index (χ0v) is 13.5. The molecule has 1 unspecified atom stereocenters. The lowest BCUT2D eigenvalue weighted by Gasteiger charge is -2.24. The predicted octanol–water partition coefficient (Wildman–Crippen LogP) is 1.36. The van der Waals surface area contributed by atoms with E-state index in [-0.39, 0.29) is 35.4 Å². The summed E-state index contributed by atoms with van der Waals surface area (Å²) in [5.74, 6) is -0.0922. The van der Waals surface area contributed by atoms with Gasteiger partial charge < -0.3 is 10.6 Å². The molecule has 7 heteroatoms. The Morgan fingerprint density at radius 3 is 2.96 bits per heavy atom. The van der Waals surface area contributed by atoms with Gasteiger partial charge in [0.1, 0.15) is 0 Å². The van der Waals surface area contributed by atoms with Gasteiger partial charge in [0, 0.05) is 18.2 Å². The van der Waals surface area contributed by atoms with Crippen molar-refractivity contribution in [1.82, 2.24) is 15.5 Å². The van der Waals surface area contributed by atoms with Crippen molar-refractivity contribution >= 4 is 28.8 Å². The number of benzene rings is 1. The van der Waals surface area contributed by atoms with Gasteiger partial charge in [-0.3, -0.25) is 19.3 Å². The lowest BCUT2D eigenvalue weighted by molar-refractivity contribution is -0.125. The monoisotopic (exact) mass is 333 g/mol. The maximum Gasteiger partial charge on any atom is 0.289 e. The van der Waals surface area contributed by atoms with E-state index in [1.54, 1.807) is 18.2 Å². The number of amides is 3. The van der Waals surface area contributed by atoms with Crippen LogP contribution in [-0.4, -0.2) is 46.8 Å². The Bertz CT molecular complexity index is 613. The van der Waals surface area contributed by atoms with Crippen LogP contribution in [-0.2, 0) is 11.3 Å². The molecule has 2 saturated heterocycles. The van der Waals surface area contributed by atoms with Crippen LogP contribution < -0.4 is 10.6 Å². The highest BCUT2D eigenvalue weighted by molar-refractivity contribution is 8.14. The van der Waals surface area contributed by atoms with Crippen LogP contribution >= 0.6 is 11.8 Å². The molecule has 2 aliphatic rings. The quantitative estimate of drug-likeness (QED) is 0.870. The van der Waals surface area contributed by atoms with Gasteiger partial charge in [-0.15, -0.1) is 0 Å². The molecule has 3 amide bonds. The maximum absolute atomic E-state index is 12.3. The molecule has 0 saturated carbocycles. The third kappa shape index (κ3) is 3.92. The summed E-state index contributed by atoms with van der Waals surface area (Å²) in [7, 11) is 0. The molecule has 2 N–H and O–H groups in total. The van der Waals surface area contributed by atoms with Gasteiger partial charge in [0.2, 0.25) is 5.91 Å². The standard InChI is InChI=1S/C16H19N3O3S/c20-14-10-23-16(22)19(14)9-11-3-1-4-12(7-11)15(21)18-13-5-2-6-17-8-13/h1,3-4,7,13,17H,2,5-6,8-10H2,(H,18,21). The lowest BCUT2D eigenvalue weighted by Crippen LogP contribution is -2.45. The molecule has 23 heavy (non-hydrogen) atoms. The number of nitrogens with one attached hydrogen (secondary N) is 2. The van der Waals surface area contributed by atoms with Gasteiger partial charge in [0.25, 0.3) is 11.1 Å². The van der Waals surface area contributed by atoms with Crippen LogP contribution in [0.25, 0.3) is 0 Å². The smallest absolute Gasteiger partial charge is 0.289 e. The van der Waals surface area contributed by atoms with Crippen LogP contribution in [0, 0.1) is 0 Å². The Hall–Kier alpha value is -1.86. The van der Waals surface area contributed by atoms with E-state index in [1.165, 1.54) is 4.90 Å². The van der Waals surface area contributed by atoms with Crippen molar-refractivity contribution in [1.29, 1.82) is 0 Å². The number of hydrogen-bond acceptors (Lipinski definition) is 5. The number of thioether (sulfide) groups is 1. The molecule has 0 bridgehead atoms. The summed E-state index contributed by atoms with van der Waals surface area (Å²) in [5, 5.41) is 6.06. The molecule has 0 radical (unpaired) electrons. The summed E-state index contributed by atoms with van der Waals surface area (Å²) in [6.07, 6.45) is 2.04. The molecule has 122 valence electrons. The molecule has 1 aromatic carbocycles. The van der Waals surface area contributed by atoms with Crippen LogP contribution in [0.4, 0.5) is 4.79 Å². The van der Waals surface area contributed by atoms with Crippen molar-refractivity contribution < 1.29 is 14.4 Å².